The van der Waals surface area contributed by atoms with Gasteiger partial charge in [0.25, 0.3) is 0 Å². The summed E-state index contributed by atoms with van der Waals surface area (Å²) in [7, 11) is 6.73. The lowest BCUT2D eigenvalue weighted by Crippen LogP contribution is -2.09. The Morgan fingerprint density at radius 2 is 0.483 bits per heavy atom. The van der Waals surface area contributed by atoms with Crippen LogP contribution in [0.25, 0.3) is 35.1 Å². The van der Waals surface area contributed by atoms with Crippen LogP contribution >= 0.6 is 0 Å². The van der Waals surface area contributed by atoms with Crippen LogP contribution in [0.15, 0.2) is 182 Å². The number of rotatable bonds is 14. The Labute approximate surface area is 352 Å². The molecule has 0 atom stereocenters. The van der Waals surface area contributed by atoms with Crippen molar-refractivity contribution in [1.82, 2.24) is 0 Å². The van der Waals surface area contributed by atoms with Gasteiger partial charge in [-0.2, -0.15) is 0 Å². The molecule has 0 amide bonds. The first-order valence-corrected chi connectivity index (χ1v) is 19.8. The van der Waals surface area contributed by atoms with Crippen LogP contribution in [-0.4, -0.2) is 28.4 Å². The number of benzene rings is 8. The topological polar surface area (TPSA) is 43.4 Å². The van der Waals surface area contributed by atoms with E-state index >= 15 is 0 Å². The summed E-state index contributed by atoms with van der Waals surface area (Å²) in [6.45, 7) is 0. The Kier molecular flexibility index (Phi) is 11.9. The maximum Gasteiger partial charge on any atom is 0.119 e. The van der Waals surface area contributed by atoms with Crippen molar-refractivity contribution in [3.63, 3.8) is 0 Å². The van der Waals surface area contributed by atoms with E-state index in [0.29, 0.717) is 0 Å². The first-order valence-electron chi connectivity index (χ1n) is 19.8. The summed E-state index contributed by atoms with van der Waals surface area (Å²) >= 11 is 0. The molecule has 60 heavy (non-hydrogen) atoms. The SMILES string of the molecule is COc1ccc(N(c2ccc(/C=C/c3ccc4cc(/C=C/c5ccc(N(c6ccc(OC)cc6)c6ccc(OC)cc6)cc5)ccc4c3)cc2)c2ccc(OC)cc2)cc1. The van der Waals surface area contributed by atoms with Gasteiger partial charge in [0.2, 0.25) is 0 Å². The van der Waals surface area contributed by atoms with Gasteiger partial charge in [-0.15, -0.1) is 0 Å². The Hall–Kier alpha value is -7.70. The van der Waals surface area contributed by atoms with Gasteiger partial charge in [-0.25, -0.2) is 0 Å². The maximum absolute atomic E-state index is 5.41. The van der Waals surface area contributed by atoms with Gasteiger partial charge in [0, 0.05) is 34.1 Å². The van der Waals surface area contributed by atoms with Crippen LogP contribution in [0.1, 0.15) is 22.3 Å². The van der Waals surface area contributed by atoms with Gasteiger partial charge in [-0.1, -0.05) is 72.8 Å². The molecule has 0 spiro atoms. The van der Waals surface area contributed by atoms with Crippen LogP contribution in [-0.2, 0) is 0 Å². The average Bonchev–Trinajstić information content (AvgIpc) is 3.32. The molecule has 0 radical (unpaired) electrons. The predicted octanol–water partition coefficient (Wildman–Crippen LogP) is 14.2. The fraction of sp³-hybridized carbons (Fsp3) is 0.0741. The zero-order valence-electron chi connectivity index (χ0n) is 34.2. The molecule has 0 saturated heterocycles. The molecule has 6 heteroatoms. The number of ether oxygens (including phenoxy) is 4. The molecule has 6 nitrogen and oxygen atoms in total. The van der Waals surface area contributed by atoms with Crippen LogP contribution in [0.5, 0.6) is 23.0 Å². The molecule has 0 unspecified atom stereocenters. The molecule has 8 aromatic rings. The molecule has 0 bridgehead atoms. The molecule has 0 saturated carbocycles. The van der Waals surface area contributed by atoms with Crippen molar-refractivity contribution in [3.05, 3.63) is 204 Å². The van der Waals surface area contributed by atoms with Gasteiger partial charge in [-0.05, 0) is 166 Å². The molecule has 0 aromatic heterocycles. The van der Waals surface area contributed by atoms with Gasteiger partial charge < -0.3 is 28.7 Å². The predicted molar refractivity (Wildman–Crippen MR) is 250 cm³/mol. The highest BCUT2D eigenvalue weighted by atomic mass is 16.5. The highest BCUT2D eigenvalue weighted by Crippen LogP contribution is 2.38. The van der Waals surface area contributed by atoms with Gasteiger partial charge >= 0.3 is 0 Å². The van der Waals surface area contributed by atoms with Crippen molar-refractivity contribution in [2.24, 2.45) is 0 Å². The maximum atomic E-state index is 5.41. The Morgan fingerprint density at radius 3 is 0.733 bits per heavy atom. The van der Waals surface area contributed by atoms with E-state index in [-0.39, 0.29) is 0 Å². The van der Waals surface area contributed by atoms with Crippen molar-refractivity contribution >= 4 is 69.2 Å². The number of methoxy groups -OCH3 is 4. The minimum absolute atomic E-state index is 0.818. The molecule has 0 aliphatic heterocycles. The fourth-order valence-corrected chi connectivity index (χ4v) is 7.16. The van der Waals surface area contributed by atoms with E-state index in [1.165, 1.54) is 10.8 Å². The molecule has 0 fully saturated rings. The largest absolute Gasteiger partial charge is 0.497 e. The number of fused-ring (bicyclic) bond motifs is 1. The van der Waals surface area contributed by atoms with Crippen molar-refractivity contribution < 1.29 is 18.9 Å². The molecule has 0 N–H and O–H groups in total. The Bertz CT molecular complexity index is 2420. The molecule has 0 aliphatic carbocycles. The fourth-order valence-electron chi connectivity index (χ4n) is 7.16. The van der Waals surface area contributed by atoms with Gasteiger partial charge in [-0.3, -0.25) is 0 Å². The first kappa shape index (κ1) is 39.1. The van der Waals surface area contributed by atoms with E-state index < -0.39 is 0 Å². The summed E-state index contributed by atoms with van der Waals surface area (Å²) in [5.41, 5.74) is 10.8. The van der Waals surface area contributed by atoms with Crippen molar-refractivity contribution in [2.75, 3.05) is 38.2 Å². The van der Waals surface area contributed by atoms with Gasteiger partial charge in [0.15, 0.2) is 0 Å². The van der Waals surface area contributed by atoms with E-state index in [9.17, 15) is 0 Å². The highest BCUT2D eigenvalue weighted by Gasteiger charge is 2.14. The van der Waals surface area contributed by atoms with E-state index in [1.807, 2.05) is 48.5 Å². The lowest BCUT2D eigenvalue weighted by atomic mass is 10.0. The van der Waals surface area contributed by atoms with Crippen molar-refractivity contribution in [3.8, 4) is 23.0 Å². The lowest BCUT2D eigenvalue weighted by molar-refractivity contribution is 0.414. The third-order valence-corrected chi connectivity index (χ3v) is 10.4. The number of nitrogens with zero attached hydrogens (tertiary/aromatic N) is 2. The zero-order valence-corrected chi connectivity index (χ0v) is 34.2. The summed E-state index contributed by atoms with van der Waals surface area (Å²) in [4.78, 5) is 4.44. The lowest BCUT2D eigenvalue weighted by Gasteiger charge is -2.26. The third kappa shape index (κ3) is 9.04. The first-order chi connectivity index (χ1) is 29.5. The molecule has 0 heterocycles. The van der Waals surface area contributed by atoms with Crippen LogP contribution in [0, 0.1) is 0 Å². The minimum Gasteiger partial charge on any atom is -0.497 e. The number of hydrogen-bond acceptors (Lipinski definition) is 6. The number of hydrogen-bond donors (Lipinski definition) is 0. The summed E-state index contributed by atoms with van der Waals surface area (Å²) < 4.78 is 21.6. The van der Waals surface area contributed by atoms with E-state index in [0.717, 1.165) is 79.4 Å². The minimum atomic E-state index is 0.818. The molecular weight excluding hydrogens is 741 g/mol. The van der Waals surface area contributed by atoms with E-state index in [4.69, 9.17) is 18.9 Å². The highest BCUT2D eigenvalue weighted by molar-refractivity contribution is 5.89. The van der Waals surface area contributed by atoms with Crippen LogP contribution in [0.3, 0.4) is 0 Å². The van der Waals surface area contributed by atoms with Gasteiger partial charge in [0.05, 0.1) is 28.4 Å². The molecule has 8 aromatic carbocycles. The normalized spacial score (nSPS) is 11.2. The van der Waals surface area contributed by atoms with Crippen molar-refractivity contribution in [1.29, 1.82) is 0 Å². The summed E-state index contributed by atoms with van der Waals surface area (Å²) in [5, 5.41) is 2.39. The second-order valence-corrected chi connectivity index (χ2v) is 14.2. The van der Waals surface area contributed by atoms with Crippen LogP contribution in [0.2, 0.25) is 0 Å². The summed E-state index contributed by atoms with van der Waals surface area (Å²) in [6, 6.07) is 62.8. The monoisotopic (exact) mass is 786 g/mol. The zero-order chi connectivity index (χ0) is 41.3. The Morgan fingerprint density at radius 1 is 0.267 bits per heavy atom. The van der Waals surface area contributed by atoms with Crippen molar-refractivity contribution in [2.45, 2.75) is 0 Å². The second kappa shape index (κ2) is 18.3. The molecule has 0 aliphatic rings. The molecular formula is C54H46N2O4. The van der Waals surface area contributed by atoms with E-state index in [2.05, 4.69) is 168 Å². The van der Waals surface area contributed by atoms with Crippen LogP contribution < -0.4 is 28.7 Å². The number of anilines is 6. The molecule has 296 valence electrons. The smallest absolute Gasteiger partial charge is 0.119 e. The summed E-state index contributed by atoms with van der Waals surface area (Å²) in [5.74, 6) is 3.27. The Balaban J connectivity index is 0.955. The summed E-state index contributed by atoms with van der Waals surface area (Å²) in [6.07, 6.45) is 8.65. The standard InChI is InChI=1S/C54H46N2O4/c1-57-51-29-21-47(22-30-51)55(48-23-31-52(58-2)32-24-48)45-17-11-39(12-18-45)5-7-41-9-15-44-38-42(10-16-43(44)37-41)8-6-40-13-19-46(20-14-40)56(49-25-33-53(59-3)34-26-49)50-27-35-54(60-4)36-28-50/h5-38H,1-4H3/b7-5+,8-6+. The molecule has 8 rings (SSSR count). The van der Waals surface area contributed by atoms with Crippen LogP contribution in [0.4, 0.5) is 34.1 Å². The van der Waals surface area contributed by atoms with E-state index in [1.54, 1.807) is 28.4 Å². The quantitative estimate of drug-likeness (QED) is 0.102. The van der Waals surface area contributed by atoms with Gasteiger partial charge in [0.1, 0.15) is 23.0 Å². The second-order valence-electron chi connectivity index (χ2n) is 14.2. The average molecular weight is 787 g/mol. The third-order valence-electron chi connectivity index (χ3n) is 10.4.